The lowest BCUT2D eigenvalue weighted by Crippen LogP contribution is -2.23. The van der Waals surface area contributed by atoms with Crippen LogP contribution in [0.3, 0.4) is 0 Å². The first-order valence-corrected chi connectivity index (χ1v) is 8.35. The van der Waals surface area contributed by atoms with Gasteiger partial charge in [-0.05, 0) is 29.8 Å². The smallest absolute Gasteiger partial charge is 0.339 e. The van der Waals surface area contributed by atoms with Gasteiger partial charge in [0, 0.05) is 0 Å². The topological polar surface area (TPSA) is 108 Å². The Balaban J connectivity index is 2.05. The second kappa shape index (κ2) is 9.98. The fraction of sp³-hybridized carbons (Fsp3) is 0.200. The Morgan fingerprint density at radius 3 is 2.31 bits per heavy atom. The van der Waals surface area contributed by atoms with Crippen LogP contribution in [0.4, 0.5) is 10.1 Å². The minimum atomic E-state index is -0.804. The van der Waals surface area contributed by atoms with Crippen molar-refractivity contribution in [1.82, 2.24) is 0 Å². The first-order chi connectivity index (χ1) is 13.8. The number of nitrogens with one attached hydrogen (secondary N) is 1. The average Bonchev–Trinajstić information content (AvgIpc) is 2.72. The molecule has 0 bridgehead atoms. The van der Waals surface area contributed by atoms with Gasteiger partial charge in [0.2, 0.25) is 0 Å². The fourth-order valence-corrected chi connectivity index (χ4v) is 2.36. The third-order valence-electron chi connectivity index (χ3n) is 3.78. The number of esters is 3. The second-order valence-electron chi connectivity index (χ2n) is 5.72. The SMILES string of the molecule is COC(=O)c1ccc(C(=O)OC)c(NC(=O)COC(=O)Cc2ccccc2F)c1. The molecule has 2 rings (SSSR count). The van der Waals surface area contributed by atoms with E-state index in [2.05, 4.69) is 14.8 Å². The Kier molecular flexibility index (Phi) is 7.41. The second-order valence-corrected chi connectivity index (χ2v) is 5.72. The molecule has 0 saturated carbocycles. The Labute approximate surface area is 165 Å². The number of hydrogen-bond donors (Lipinski definition) is 1. The highest BCUT2D eigenvalue weighted by Crippen LogP contribution is 2.20. The molecule has 0 heterocycles. The monoisotopic (exact) mass is 403 g/mol. The number of ether oxygens (including phenoxy) is 3. The predicted octanol–water partition coefficient (Wildman–Crippen LogP) is 2.12. The lowest BCUT2D eigenvalue weighted by Gasteiger charge is -2.12. The van der Waals surface area contributed by atoms with E-state index in [-0.39, 0.29) is 28.8 Å². The summed E-state index contributed by atoms with van der Waals surface area (Å²) in [4.78, 5) is 47.5. The molecule has 29 heavy (non-hydrogen) atoms. The molecule has 0 aliphatic heterocycles. The van der Waals surface area contributed by atoms with Gasteiger partial charge in [0.1, 0.15) is 5.82 Å². The molecule has 2 aromatic carbocycles. The average molecular weight is 403 g/mol. The van der Waals surface area contributed by atoms with Crippen molar-refractivity contribution in [3.63, 3.8) is 0 Å². The van der Waals surface area contributed by atoms with E-state index < -0.39 is 36.2 Å². The van der Waals surface area contributed by atoms with Gasteiger partial charge in [-0.25, -0.2) is 14.0 Å². The van der Waals surface area contributed by atoms with Crippen LogP contribution in [-0.2, 0) is 30.2 Å². The maximum atomic E-state index is 13.6. The molecule has 0 aliphatic carbocycles. The minimum absolute atomic E-state index is 0.00816. The Morgan fingerprint density at radius 2 is 1.66 bits per heavy atom. The van der Waals surface area contributed by atoms with Gasteiger partial charge in [0.05, 0.1) is 37.5 Å². The molecule has 0 aliphatic rings. The van der Waals surface area contributed by atoms with Crippen LogP contribution in [0.1, 0.15) is 26.3 Å². The van der Waals surface area contributed by atoms with Crippen molar-refractivity contribution in [2.75, 3.05) is 26.1 Å². The van der Waals surface area contributed by atoms with E-state index >= 15 is 0 Å². The van der Waals surface area contributed by atoms with E-state index in [1.165, 1.54) is 43.5 Å². The van der Waals surface area contributed by atoms with Crippen LogP contribution in [-0.4, -0.2) is 44.6 Å². The molecule has 0 radical (unpaired) electrons. The number of methoxy groups -OCH3 is 2. The molecule has 2 aromatic rings. The zero-order valence-electron chi connectivity index (χ0n) is 15.7. The van der Waals surface area contributed by atoms with Crippen LogP contribution in [0, 0.1) is 5.82 Å². The van der Waals surface area contributed by atoms with Gasteiger partial charge >= 0.3 is 17.9 Å². The number of rotatable bonds is 7. The van der Waals surface area contributed by atoms with E-state index in [0.717, 1.165) is 7.11 Å². The molecule has 0 spiro atoms. The summed E-state index contributed by atoms with van der Waals surface area (Å²) in [5, 5.41) is 2.38. The summed E-state index contributed by atoms with van der Waals surface area (Å²) >= 11 is 0. The molecule has 9 heteroatoms. The van der Waals surface area contributed by atoms with E-state index in [0.29, 0.717) is 0 Å². The normalized spacial score (nSPS) is 10.0. The first kappa shape index (κ1) is 21.5. The lowest BCUT2D eigenvalue weighted by atomic mass is 10.1. The Bertz CT molecular complexity index is 942. The highest BCUT2D eigenvalue weighted by molar-refractivity contribution is 6.04. The summed E-state index contributed by atoms with van der Waals surface area (Å²) in [6.45, 7) is -0.670. The van der Waals surface area contributed by atoms with Crippen LogP contribution in [0.15, 0.2) is 42.5 Å². The molecule has 0 fully saturated rings. The van der Waals surface area contributed by atoms with Crippen molar-refractivity contribution < 1.29 is 37.8 Å². The highest BCUT2D eigenvalue weighted by atomic mass is 19.1. The van der Waals surface area contributed by atoms with Crippen molar-refractivity contribution >= 4 is 29.5 Å². The molecule has 0 atom stereocenters. The van der Waals surface area contributed by atoms with Gasteiger partial charge in [-0.2, -0.15) is 0 Å². The molecule has 0 aromatic heterocycles. The summed E-state index contributed by atoms with van der Waals surface area (Å²) in [6.07, 6.45) is -0.342. The van der Waals surface area contributed by atoms with Gasteiger partial charge in [-0.3, -0.25) is 9.59 Å². The van der Waals surface area contributed by atoms with Crippen LogP contribution in [0.5, 0.6) is 0 Å². The summed E-state index contributed by atoms with van der Waals surface area (Å²) in [6, 6.07) is 9.55. The third kappa shape index (κ3) is 5.86. The molecular formula is C20H18FNO7. The predicted molar refractivity (Wildman–Crippen MR) is 98.8 cm³/mol. The van der Waals surface area contributed by atoms with Crippen LogP contribution >= 0.6 is 0 Å². The quantitative estimate of drug-likeness (QED) is 0.557. The van der Waals surface area contributed by atoms with Crippen molar-refractivity contribution in [2.24, 2.45) is 0 Å². The first-order valence-electron chi connectivity index (χ1n) is 8.35. The number of carbonyl (C=O) groups is 4. The number of carbonyl (C=O) groups excluding carboxylic acids is 4. The standard InChI is InChI=1S/C20H18FNO7/c1-27-19(25)13-7-8-14(20(26)28-2)16(9-13)22-17(23)11-29-18(24)10-12-5-3-4-6-15(12)21/h3-9H,10-11H2,1-2H3,(H,22,23). The summed E-state index contributed by atoms with van der Waals surface area (Å²) in [5.74, 6) is -3.54. The zero-order chi connectivity index (χ0) is 21.4. The molecule has 1 amide bonds. The molecule has 0 saturated heterocycles. The number of halogens is 1. The number of benzene rings is 2. The van der Waals surface area contributed by atoms with E-state index in [4.69, 9.17) is 4.74 Å². The summed E-state index contributed by atoms with van der Waals surface area (Å²) < 4.78 is 27.6. The number of hydrogen-bond acceptors (Lipinski definition) is 7. The molecule has 152 valence electrons. The van der Waals surface area contributed by atoms with E-state index in [1.807, 2.05) is 0 Å². The van der Waals surface area contributed by atoms with Crippen molar-refractivity contribution in [1.29, 1.82) is 0 Å². The minimum Gasteiger partial charge on any atom is -0.465 e. The van der Waals surface area contributed by atoms with Crippen LogP contribution < -0.4 is 5.32 Å². The summed E-state index contributed by atoms with van der Waals surface area (Å²) in [5.41, 5.74) is 0.199. The van der Waals surface area contributed by atoms with Gasteiger partial charge in [-0.15, -0.1) is 0 Å². The molecule has 1 N–H and O–H groups in total. The Hall–Kier alpha value is -3.75. The molecule has 0 unspecified atom stereocenters. The van der Waals surface area contributed by atoms with E-state index in [1.54, 1.807) is 6.07 Å². The highest BCUT2D eigenvalue weighted by Gasteiger charge is 2.18. The summed E-state index contributed by atoms with van der Waals surface area (Å²) in [7, 11) is 2.34. The van der Waals surface area contributed by atoms with Crippen molar-refractivity contribution in [3.8, 4) is 0 Å². The third-order valence-corrected chi connectivity index (χ3v) is 3.78. The molecule has 8 nitrogen and oxygen atoms in total. The Morgan fingerprint density at radius 1 is 0.966 bits per heavy atom. The van der Waals surface area contributed by atoms with Gasteiger partial charge in [0.15, 0.2) is 6.61 Å². The van der Waals surface area contributed by atoms with Crippen molar-refractivity contribution in [3.05, 3.63) is 65.0 Å². The van der Waals surface area contributed by atoms with Gasteiger partial charge in [0.25, 0.3) is 5.91 Å². The largest absolute Gasteiger partial charge is 0.465 e. The zero-order valence-corrected chi connectivity index (χ0v) is 15.7. The molecular weight excluding hydrogens is 385 g/mol. The number of amides is 1. The van der Waals surface area contributed by atoms with Crippen LogP contribution in [0.2, 0.25) is 0 Å². The number of anilines is 1. The maximum absolute atomic E-state index is 13.6. The maximum Gasteiger partial charge on any atom is 0.339 e. The van der Waals surface area contributed by atoms with Gasteiger partial charge in [-0.1, -0.05) is 18.2 Å². The fourth-order valence-electron chi connectivity index (χ4n) is 2.36. The van der Waals surface area contributed by atoms with E-state index in [9.17, 15) is 23.6 Å². The van der Waals surface area contributed by atoms with Crippen LogP contribution in [0.25, 0.3) is 0 Å². The van der Waals surface area contributed by atoms with Crippen molar-refractivity contribution in [2.45, 2.75) is 6.42 Å². The lowest BCUT2D eigenvalue weighted by molar-refractivity contribution is -0.146. The van der Waals surface area contributed by atoms with Gasteiger partial charge < -0.3 is 19.5 Å².